The fourth-order valence-electron chi connectivity index (χ4n) is 3.91. The van der Waals surface area contributed by atoms with Gasteiger partial charge < -0.3 is 25.2 Å². The highest BCUT2D eigenvalue weighted by atomic mass is 16.5. The summed E-state index contributed by atoms with van der Waals surface area (Å²) in [6.07, 6.45) is 7.14. The van der Waals surface area contributed by atoms with Crippen molar-refractivity contribution >= 4 is 5.91 Å². The molecule has 1 aromatic heterocycles. The molecule has 0 spiro atoms. The van der Waals surface area contributed by atoms with Crippen LogP contribution in [0.2, 0.25) is 0 Å². The van der Waals surface area contributed by atoms with Gasteiger partial charge in [0.05, 0.1) is 12.6 Å². The second kappa shape index (κ2) is 8.45. The minimum atomic E-state index is -0.564. The largest absolute Gasteiger partial charge is 0.364 e. The summed E-state index contributed by atoms with van der Waals surface area (Å²) in [7, 11) is 3.91. The van der Waals surface area contributed by atoms with Gasteiger partial charge in [-0.1, -0.05) is 30.8 Å². The number of carbonyl (C=O) groups is 1. The predicted molar refractivity (Wildman–Crippen MR) is 96.2 cm³/mol. The van der Waals surface area contributed by atoms with Gasteiger partial charge in [-0.25, -0.2) is 0 Å². The first-order chi connectivity index (χ1) is 12.5. The minimum Gasteiger partial charge on any atom is -0.364 e. The number of aromatic nitrogens is 2. The highest BCUT2D eigenvalue weighted by Gasteiger charge is 2.41. The molecular weight excluding hydrogens is 334 g/mol. The summed E-state index contributed by atoms with van der Waals surface area (Å²) in [5, 5.41) is 7.47. The predicted octanol–water partition coefficient (Wildman–Crippen LogP) is 1.30. The molecule has 3 rings (SSSR count). The number of nitrogens with zero attached hydrogens (tertiary/aromatic N) is 3. The van der Waals surface area contributed by atoms with E-state index in [0.29, 0.717) is 31.2 Å². The SMILES string of the molecule is CN(C)Cc1nc(C2(NC(=O)[C@@H]3CC[C@H](CN)O3)CCCCCC2)no1. The first-order valence-electron chi connectivity index (χ1n) is 9.68. The van der Waals surface area contributed by atoms with Crippen LogP contribution in [0.1, 0.15) is 63.1 Å². The Labute approximate surface area is 154 Å². The number of amides is 1. The first-order valence-corrected chi connectivity index (χ1v) is 9.68. The lowest BCUT2D eigenvalue weighted by Crippen LogP contribution is -2.50. The molecule has 26 heavy (non-hydrogen) atoms. The van der Waals surface area contributed by atoms with Crippen molar-refractivity contribution in [2.75, 3.05) is 20.6 Å². The van der Waals surface area contributed by atoms with Crippen LogP contribution < -0.4 is 11.1 Å². The maximum absolute atomic E-state index is 12.9. The van der Waals surface area contributed by atoms with Gasteiger partial charge in [0.25, 0.3) is 0 Å². The van der Waals surface area contributed by atoms with Crippen molar-refractivity contribution in [1.29, 1.82) is 0 Å². The van der Waals surface area contributed by atoms with Crippen LogP contribution in [0.3, 0.4) is 0 Å². The van der Waals surface area contributed by atoms with E-state index < -0.39 is 11.6 Å². The van der Waals surface area contributed by atoms with Crippen molar-refractivity contribution < 1.29 is 14.1 Å². The Morgan fingerprint density at radius 2 is 2.00 bits per heavy atom. The Balaban J connectivity index is 1.78. The van der Waals surface area contributed by atoms with Crippen LogP contribution in [0.25, 0.3) is 0 Å². The summed E-state index contributed by atoms with van der Waals surface area (Å²) in [5.41, 5.74) is 5.10. The molecule has 1 amide bonds. The molecule has 8 nitrogen and oxygen atoms in total. The molecule has 2 aliphatic rings. The second-order valence-corrected chi connectivity index (χ2v) is 7.79. The fraction of sp³-hybridized carbons (Fsp3) is 0.833. The van der Waals surface area contributed by atoms with Gasteiger partial charge >= 0.3 is 0 Å². The maximum Gasteiger partial charge on any atom is 0.249 e. The van der Waals surface area contributed by atoms with Crippen molar-refractivity contribution in [3.05, 3.63) is 11.7 Å². The second-order valence-electron chi connectivity index (χ2n) is 7.79. The third-order valence-corrected chi connectivity index (χ3v) is 5.33. The van der Waals surface area contributed by atoms with E-state index in [-0.39, 0.29) is 12.0 Å². The van der Waals surface area contributed by atoms with E-state index in [2.05, 4.69) is 15.5 Å². The lowest BCUT2D eigenvalue weighted by atomic mass is 9.88. The van der Waals surface area contributed by atoms with Gasteiger partial charge in [-0.15, -0.1) is 0 Å². The summed E-state index contributed by atoms with van der Waals surface area (Å²) >= 11 is 0. The molecule has 8 heteroatoms. The number of ether oxygens (including phenoxy) is 1. The van der Waals surface area contributed by atoms with E-state index in [4.69, 9.17) is 15.0 Å². The zero-order valence-corrected chi connectivity index (χ0v) is 15.9. The van der Waals surface area contributed by atoms with Gasteiger partial charge in [-0.05, 0) is 39.8 Å². The number of hydrogen-bond donors (Lipinski definition) is 2. The maximum atomic E-state index is 12.9. The fourth-order valence-corrected chi connectivity index (χ4v) is 3.91. The van der Waals surface area contributed by atoms with Crippen LogP contribution in [0.15, 0.2) is 4.52 Å². The molecule has 1 aromatic rings. The molecule has 0 bridgehead atoms. The van der Waals surface area contributed by atoms with Crippen LogP contribution in [0.4, 0.5) is 0 Å². The minimum absolute atomic E-state index is 0.0206. The zero-order valence-electron chi connectivity index (χ0n) is 15.9. The van der Waals surface area contributed by atoms with E-state index in [1.54, 1.807) is 0 Å². The Hall–Kier alpha value is -1.51. The Kier molecular flexibility index (Phi) is 6.26. The molecule has 1 saturated heterocycles. The number of rotatable bonds is 6. The van der Waals surface area contributed by atoms with Crippen molar-refractivity contribution in [3.8, 4) is 0 Å². The monoisotopic (exact) mass is 365 g/mol. The smallest absolute Gasteiger partial charge is 0.249 e. The lowest BCUT2D eigenvalue weighted by Gasteiger charge is -2.31. The molecular formula is C18H31N5O3. The zero-order chi connectivity index (χ0) is 18.6. The molecule has 3 N–H and O–H groups in total. The number of nitrogens with two attached hydrogens (primary N) is 1. The summed E-state index contributed by atoms with van der Waals surface area (Å²) in [4.78, 5) is 19.5. The third-order valence-electron chi connectivity index (χ3n) is 5.33. The molecule has 2 heterocycles. The molecule has 2 fully saturated rings. The van der Waals surface area contributed by atoms with Crippen LogP contribution in [0, 0.1) is 0 Å². The third kappa shape index (κ3) is 4.42. The summed E-state index contributed by atoms with van der Waals surface area (Å²) in [5.74, 6) is 1.09. The van der Waals surface area contributed by atoms with Crippen LogP contribution in [0.5, 0.6) is 0 Å². The molecule has 0 aromatic carbocycles. The van der Waals surface area contributed by atoms with Crippen LogP contribution in [-0.2, 0) is 21.6 Å². The molecule has 146 valence electrons. The van der Waals surface area contributed by atoms with Crippen molar-refractivity contribution in [1.82, 2.24) is 20.4 Å². The molecule has 1 aliphatic heterocycles. The molecule has 0 unspecified atom stereocenters. The average molecular weight is 365 g/mol. The molecule has 1 saturated carbocycles. The van der Waals surface area contributed by atoms with Crippen LogP contribution >= 0.6 is 0 Å². The normalized spacial score (nSPS) is 26.0. The highest BCUT2D eigenvalue weighted by molar-refractivity contribution is 5.81. The Morgan fingerprint density at radius 3 is 2.62 bits per heavy atom. The van der Waals surface area contributed by atoms with Gasteiger partial charge in [0.2, 0.25) is 11.8 Å². The Bertz CT molecular complexity index is 595. The number of nitrogens with one attached hydrogen (secondary N) is 1. The first kappa shape index (κ1) is 19.3. The number of hydrogen-bond acceptors (Lipinski definition) is 7. The molecule has 1 aliphatic carbocycles. The van der Waals surface area contributed by atoms with Crippen molar-refractivity contribution in [2.24, 2.45) is 5.73 Å². The van der Waals surface area contributed by atoms with Gasteiger partial charge in [0.1, 0.15) is 11.6 Å². The summed E-state index contributed by atoms with van der Waals surface area (Å²) in [6.45, 7) is 1.04. The summed E-state index contributed by atoms with van der Waals surface area (Å²) < 4.78 is 11.2. The van der Waals surface area contributed by atoms with Gasteiger partial charge in [0.15, 0.2) is 5.82 Å². The molecule has 0 radical (unpaired) electrons. The van der Waals surface area contributed by atoms with E-state index in [1.807, 2.05) is 19.0 Å². The average Bonchev–Trinajstić information content (AvgIpc) is 3.21. The quantitative estimate of drug-likeness (QED) is 0.732. The van der Waals surface area contributed by atoms with E-state index in [0.717, 1.165) is 44.9 Å². The van der Waals surface area contributed by atoms with E-state index in [9.17, 15) is 4.79 Å². The Morgan fingerprint density at radius 1 is 1.27 bits per heavy atom. The number of carbonyl (C=O) groups excluding carboxylic acids is 1. The van der Waals surface area contributed by atoms with E-state index in [1.165, 1.54) is 0 Å². The standard InChI is InChI=1S/C18H31N5O3/c1-23(2)12-15-20-17(22-26-15)18(9-5-3-4-6-10-18)21-16(24)14-8-7-13(11-19)25-14/h13-14H,3-12,19H2,1-2H3,(H,21,24)/t13-,14+/m1/s1. The van der Waals surface area contributed by atoms with Crippen molar-refractivity contribution in [2.45, 2.75) is 75.7 Å². The lowest BCUT2D eigenvalue weighted by molar-refractivity contribution is -0.134. The van der Waals surface area contributed by atoms with Gasteiger partial charge in [-0.2, -0.15) is 4.98 Å². The van der Waals surface area contributed by atoms with Gasteiger partial charge in [-0.3, -0.25) is 4.79 Å². The van der Waals surface area contributed by atoms with E-state index >= 15 is 0 Å². The topological polar surface area (TPSA) is 107 Å². The summed E-state index contributed by atoms with van der Waals surface area (Å²) in [6, 6.07) is 0. The van der Waals surface area contributed by atoms with Crippen molar-refractivity contribution in [3.63, 3.8) is 0 Å². The molecule has 2 atom stereocenters. The highest BCUT2D eigenvalue weighted by Crippen LogP contribution is 2.35. The van der Waals surface area contributed by atoms with Gasteiger partial charge in [0, 0.05) is 6.54 Å². The van der Waals surface area contributed by atoms with Crippen LogP contribution in [-0.4, -0.2) is 53.8 Å².